The van der Waals surface area contributed by atoms with Crippen molar-refractivity contribution >= 4 is 21.5 Å². The van der Waals surface area contributed by atoms with Gasteiger partial charge in [0, 0.05) is 31.1 Å². The highest BCUT2D eigenvalue weighted by atomic mass is 32.2. The summed E-state index contributed by atoms with van der Waals surface area (Å²) < 4.78 is 27.7. The van der Waals surface area contributed by atoms with Crippen LogP contribution in [-0.4, -0.2) is 56.1 Å². The van der Waals surface area contributed by atoms with Crippen molar-refractivity contribution in [2.45, 2.75) is 69.6 Å². The van der Waals surface area contributed by atoms with Crippen LogP contribution in [0.5, 0.6) is 0 Å². The number of piperidine rings is 1. The van der Waals surface area contributed by atoms with Crippen molar-refractivity contribution in [2.75, 3.05) is 38.5 Å². The minimum absolute atomic E-state index is 0.120. The van der Waals surface area contributed by atoms with Crippen molar-refractivity contribution in [1.82, 2.24) is 9.21 Å². The normalized spacial score (nSPS) is 23.3. The number of likely N-dealkylation sites (tertiary alicyclic amines) is 1. The second kappa shape index (κ2) is 11.4. The number of anilines is 1. The van der Waals surface area contributed by atoms with Gasteiger partial charge in [0.05, 0.1) is 4.90 Å². The van der Waals surface area contributed by atoms with Crippen LogP contribution in [0.15, 0.2) is 29.2 Å². The second-order valence-corrected chi connectivity index (χ2v) is 11.2. The second-order valence-electron chi connectivity index (χ2n) is 9.23. The van der Waals surface area contributed by atoms with Crippen LogP contribution in [-0.2, 0) is 14.8 Å². The number of carbonyl (C=O) groups excluding carboxylic acids is 1. The predicted octanol–water partition coefficient (Wildman–Crippen LogP) is 3.92. The van der Waals surface area contributed by atoms with E-state index in [0.29, 0.717) is 25.2 Å². The number of nitrogens with zero attached hydrogens (tertiary/aromatic N) is 2. The molecule has 2 fully saturated rings. The molecule has 6 nitrogen and oxygen atoms in total. The Balaban J connectivity index is 1.51. The first kappa shape index (κ1) is 24.2. The van der Waals surface area contributed by atoms with E-state index in [-0.39, 0.29) is 22.5 Å². The lowest BCUT2D eigenvalue weighted by atomic mass is 9.86. The first-order valence-electron chi connectivity index (χ1n) is 12.0. The van der Waals surface area contributed by atoms with Crippen LogP contribution in [0.1, 0.15) is 64.7 Å². The molecule has 3 rings (SSSR count). The van der Waals surface area contributed by atoms with E-state index in [2.05, 4.69) is 11.8 Å². The number of carbonyl (C=O) groups is 1. The largest absolute Gasteiger partial charge is 0.399 e. The lowest BCUT2D eigenvalue weighted by molar-refractivity contribution is -0.123. The molecule has 0 spiro atoms. The zero-order valence-electron chi connectivity index (χ0n) is 19.0. The lowest BCUT2D eigenvalue weighted by Gasteiger charge is -2.26. The van der Waals surface area contributed by atoms with E-state index in [1.54, 1.807) is 24.3 Å². The van der Waals surface area contributed by atoms with Gasteiger partial charge in [-0.1, -0.05) is 26.2 Å². The number of unbranched alkanes of at least 4 members (excludes halogenated alkanes) is 2. The minimum atomic E-state index is -3.59. The molecule has 0 radical (unpaired) electrons. The molecular formula is C24H39N3O3S. The zero-order chi connectivity index (χ0) is 22.3. The highest BCUT2D eigenvalue weighted by molar-refractivity contribution is 7.89. The van der Waals surface area contributed by atoms with Gasteiger partial charge in [-0.15, -0.1) is 0 Å². The Morgan fingerprint density at radius 3 is 2.42 bits per heavy atom. The number of nitrogen functional groups attached to an aromatic ring is 1. The number of Topliss-reactive ketones (excluding diaryl/α,β-unsaturated/α-hetero) is 1. The molecule has 1 aromatic rings. The maximum atomic E-state index is 13.1. The van der Waals surface area contributed by atoms with Crippen LogP contribution in [0, 0.1) is 11.8 Å². The third-order valence-electron chi connectivity index (χ3n) is 6.84. The summed E-state index contributed by atoms with van der Waals surface area (Å²) >= 11 is 0. The molecule has 2 aliphatic heterocycles. The summed E-state index contributed by atoms with van der Waals surface area (Å²) in [6, 6.07) is 6.33. The van der Waals surface area contributed by atoms with Crippen LogP contribution in [0.4, 0.5) is 5.69 Å². The van der Waals surface area contributed by atoms with Crippen molar-refractivity contribution in [1.29, 1.82) is 0 Å². The quantitative estimate of drug-likeness (QED) is 0.409. The highest BCUT2D eigenvalue weighted by Crippen LogP contribution is 2.33. The molecule has 1 unspecified atom stereocenters. The number of sulfonamides is 1. The molecule has 31 heavy (non-hydrogen) atoms. The Bertz CT molecular complexity index is 804. The Morgan fingerprint density at radius 2 is 1.74 bits per heavy atom. The molecule has 2 N–H and O–H groups in total. The summed E-state index contributed by atoms with van der Waals surface area (Å²) in [5, 5.41) is 0. The third kappa shape index (κ3) is 6.53. The van der Waals surface area contributed by atoms with Gasteiger partial charge in [-0.25, -0.2) is 8.42 Å². The van der Waals surface area contributed by atoms with Crippen LogP contribution >= 0.6 is 0 Å². The average Bonchev–Trinajstić information content (AvgIpc) is 3.20. The van der Waals surface area contributed by atoms with Gasteiger partial charge >= 0.3 is 0 Å². The van der Waals surface area contributed by atoms with Crippen LogP contribution in [0.3, 0.4) is 0 Å². The van der Waals surface area contributed by atoms with Gasteiger partial charge in [-0.3, -0.25) is 4.79 Å². The number of hydrogen-bond acceptors (Lipinski definition) is 5. The van der Waals surface area contributed by atoms with Crippen molar-refractivity contribution in [3.63, 3.8) is 0 Å². The molecule has 0 saturated carbocycles. The molecule has 2 saturated heterocycles. The van der Waals surface area contributed by atoms with Gasteiger partial charge in [0.25, 0.3) is 0 Å². The molecule has 0 aromatic heterocycles. The maximum absolute atomic E-state index is 13.1. The first-order valence-corrected chi connectivity index (χ1v) is 13.5. The van der Waals surface area contributed by atoms with Gasteiger partial charge in [-0.05, 0) is 81.9 Å². The van der Waals surface area contributed by atoms with Crippen molar-refractivity contribution < 1.29 is 13.2 Å². The first-order chi connectivity index (χ1) is 14.9. The third-order valence-corrected chi connectivity index (χ3v) is 8.69. The van der Waals surface area contributed by atoms with E-state index in [9.17, 15) is 13.2 Å². The maximum Gasteiger partial charge on any atom is 0.243 e. The summed E-state index contributed by atoms with van der Waals surface area (Å²) in [6.07, 6.45) is 9.53. The molecule has 174 valence electrons. The van der Waals surface area contributed by atoms with Crippen molar-refractivity contribution in [3.8, 4) is 0 Å². The molecule has 2 heterocycles. The Morgan fingerprint density at radius 1 is 1.03 bits per heavy atom. The van der Waals surface area contributed by atoms with Crippen LogP contribution < -0.4 is 5.73 Å². The SMILES string of the molecule is CCC[C@H]1CN(S(=O)(=O)c2ccc(N)cc2)CC1C(=O)CCCCCN1CCCCC1. The standard InChI is InChI=1S/C24H39N3O3S/c1-2-9-20-18-27(31(29,30)22-13-11-21(25)12-14-22)19-23(20)24(28)10-5-3-6-15-26-16-7-4-8-17-26/h11-14,20,23H,2-10,15-19,25H2,1H3/t20-,23?/m0/s1. The highest BCUT2D eigenvalue weighted by Gasteiger charge is 2.41. The Labute approximate surface area is 188 Å². The van der Waals surface area contributed by atoms with E-state index in [0.717, 1.165) is 38.6 Å². The topological polar surface area (TPSA) is 83.7 Å². The van der Waals surface area contributed by atoms with Crippen LogP contribution in [0.25, 0.3) is 0 Å². The number of hydrogen-bond donors (Lipinski definition) is 1. The summed E-state index contributed by atoms with van der Waals surface area (Å²) in [5.41, 5.74) is 6.24. The fraction of sp³-hybridized carbons (Fsp3) is 0.708. The summed E-state index contributed by atoms with van der Waals surface area (Å²) in [4.78, 5) is 15.8. The molecule has 0 aliphatic carbocycles. The smallest absolute Gasteiger partial charge is 0.243 e. The molecular weight excluding hydrogens is 410 g/mol. The van der Waals surface area contributed by atoms with Gasteiger partial charge in [0.2, 0.25) is 10.0 Å². The summed E-state index contributed by atoms with van der Waals surface area (Å²) in [7, 11) is -3.59. The zero-order valence-corrected chi connectivity index (χ0v) is 19.8. The van der Waals surface area contributed by atoms with E-state index >= 15 is 0 Å². The minimum Gasteiger partial charge on any atom is -0.399 e. The van der Waals surface area contributed by atoms with E-state index < -0.39 is 10.0 Å². The van der Waals surface area contributed by atoms with Crippen LogP contribution in [0.2, 0.25) is 0 Å². The lowest BCUT2D eigenvalue weighted by Crippen LogP contribution is -2.30. The molecule has 2 atom stereocenters. The Kier molecular flexibility index (Phi) is 8.93. The molecule has 0 bridgehead atoms. The van der Waals surface area contributed by atoms with Gasteiger partial charge in [0.15, 0.2) is 0 Å². The van der Waals surface area contributed by atoms with Gasteiger partial charge < -0.3 is 10.6 Å². The number of rotatable bonds is 11. The monoisotopic (exact) mass is 449 g/mol. The predicted molar refractivity (Wildman–Crippen MR) is 125 cm³/mol. The van der Waals surface area contributed by atoms with Crippen molar-refractivity contribution in [2.24, 2.45) is 11.8 Å². The molecule has 2 aliphatic rings. The van der Waals surface area contributed by atoms with Gasteiger partial charge in [0.1, 0.15) is 5.78 Å². The number of benzene rings is 1. The number of nitrogens with two attached hydrogens (primary N) is 1. The van der Waals surface area contributed by atoms with Gasteiger partial charge in [-0.2, -0.15) is 4.31 Å². The fourth-order valence-electron chi connectivity index (χ4n) is 5.02. The Hall–Kier alpha value is -1.44. The van der Waals surface area contributed by atoms with E-state index in [1.165, 1.54) is 36.7 Å². The van der Waals surface area contributed by atoms with Crippen molar-refractivity contribution in [3.05, 3.63) is 24.3 Å². The average molecular weight is 450 g/mol. The fourth-order valence-corrected chi connectivity index (χ4v) is 6.55. The van der Waals surface area contributed by atoms with E-state index in [1.807, 2.05) is 0 Å². The number of ketones is 1. The molecule has 1 aromatic carbocycles. The molecule has 7 heteroatoms. The summed E-state index contributed by atoms with van der Waals surface area (Å²) in [5.74, 6) is 0.187. The van der Waals surface area contributed by atoms with E-state index in [4.69, 9.17) is 5.73 Å². The summed E-state index contributed by atoms with van der Waals surface area (Å²) in [6.45, 7) is 6.43. The molecule has 0 amide bonds.